The lowest BCUT2D eigenvalue weighted by atomic mass is 9.53. The molecule has 5 atom stereocenters. The SMILES string of the molecule is CCOC(=O)CCCCCO[C@H]1C=C[C@H]2[C@H]3Cc4ccc(OCOC)c5c4[C@@]2(CCN3C)C1O5. The first-order chi connectivity index (χ1) is 16.6. The van der Waals surface area contributed by atoms with Crippen LogP contribution in [0.15, 0.2) is 24.3 Å². The van der Waals surface area contributed by atoms with E-state index in [0.29, 0.717) is 31.6 Å². The van der Waals surface area contributed by atoms with Crippen LogP contribution >= 0.6 is 0 Å². The molecular formula is C27H37NO6. The third-order valence-corrected chi connectivity index (χ3v) is 8.09. The van der Waals surface area contributed by atoms with Crippen LogP contribution in [0.25, 0.3) is 0 Å². The number of hydrogen-bond donors (Lipinski definition) is 0. The number of benzene rings is 1. The molecule has 5 rings (SSSR count). The third kappa shape index (κ3) is 3.91. The number of piperidine rings is 1. The predicted octanol–water partition coefficient (Wildman–Crippen LogP) is 3.62. The minimum absolute atomic E-state index is 0.0559. The zero-order valence-corrected chi connectivity index (χ0v) is 20.6. The molecule has 0 radical (unpaired) electrons. The summed E-state index contributed by atoms with van der Waals surface area (Å²) in [5, 5.41) is 0. The van der Waals surface area contributed by atoms with E-state index in [4.69, 9.17) is 23.7 Å². The van der Waals surface area contributed by atoms with Crippen LogP contribution < -0.4 is 9.47 Å². The first kappa shape index (κ1) is 23.6. The summed E-state index contributed by atoms with van der Waals surface area (Å²) in [4.78, 5) is 14.0. The molecule has 34 heavy (non-hydrogen) atoms. The lowest BCUT2D eigenvalue weighted by Crippen LogP contribution is -2.65. The highest BCUT2D eigenvalue weighted by atomic mass is 16.7. The Morgan fingerprint density at radius 1 is 1.24 bits per heavy atom. The number of methoxy groups -OCH3 is 1. The van der Waals surface area contributed by atoms with Crippen molar-refractivity contribution in [3.8, 4) is 11.5 Å². The minimum Gasteiger partial charge on any atom is -0.482 e. The lowest BCUT2D eigenvalue weighted by molar-refractivity contribution is -0.143. The summed E-state index contributed by atoms with van der Waals surface area (Å²) in [6.45, 7) is 4.19. The van der Waals surface area contributed by atoms with Crippen molar-refractivity contribution in [1.82, 2.24) is 4.90 Å². The van der Waals surface area contributed by atoms with Gasteiger partial charge in [0.2, 0.25) is 0 Å². The van der Waals surface area contributed by atoms with Gasteiger partial charge in [-0.15, -0.1) is 0 Å². The Morgan fingerprint density at radius 3 is 2.94 bits per heavy atom. The van der Waals surface area contributed by atoms with Gasteiger partial charge < -0.3 is 28.6 Å². The van der Waals surface area contributed by atoms with Gasteiger partial charge in [-0.1, -0.05) is 24.6 Å². The van der Waals surface area contributed by atoms with Crippen molar-refractivity contribution in [1.29, 1.82) is 0 Å². The summed E-state index contributed by atoms with van der Waals surface area (Å²) < 4.78 is 29.3. The molecule has 1 aromatic rings. The van der Waals surface area contributed by atoms with Gasteiger partial charge in [-0.3, -0.25) is 4.79 Å². The van der Waals surface area contributed by atoms with E-state index in [0.717, 1.165) is 50.1 Å². The zero-order chi connectivity index (χ0) is 23.7. The van der Waals surface area contributed by atoms with Crippen LogP contribution in [0.2, 0.25) is 0 Å². The number of esters is 1. The lowest BCUT2D eigenvalue weighted by Gasteiger charge is -2.56. The van der Waals surface area contributed by atoms with Crippen LogP contribution in [0.1, 0.15) is 50.2 Å². The van der Waals surface area contributed by atoms with Crippen molar-refractivity contribution in [2.45, 2.75) is 69.1 Å². The summed E-state index contributed by atoms with van der Waals surface area (Å²) in [5.74, 6) is 1.95. The maximum Gasteiger partial charge on any atom is 0.305 e. The highest BCUT2D eigenvalue weighted by Gasteiger charge is 2.64. The van der Waals surface area contributed by atoms with Crippen molar-refractivity contribution in [3.05, 3.63) is 35.4 Å². The van der Waals surface area contributed by atoms with Crippen LogP contribution in [0.4, 0.5) is 0 Å². The Morgan fingerprint density at radius 2 is 2.12 bits per heavy atom. The summed E-state index contributed by atoms with van der Waals surface area (Å²) in [6, 6.07) is 4.73. The molecule has 1 fully saturated rings. The standard InChI is InChI=1S/C27H37NO6/c1-4-31-23(29)8-6-5-7-15-32-22-12-10-19-20-16-18-9-11-21(33-17-30-3)25-24(18)27(19,26(22)34-25)13-14-28(20)2/h9-12,19-20,22,26H,4-8,13-17H2,1-3H3/t19-,20+,22-,26?,27-/m0/s1. The average Bonchev–Trinajstić information content (AvgIpc) is 3.19. The summed E-state index contributed by atoms with van der Waals surface area (Å²) in [5.41, 5.74) is 2.64. The van der Waals surface area contributed by atoms with Gasteiger partial charge in [0.05, 0.1) is 6.61 Å². The normalized spacial score (nSPS) is 30.6. The number of nitrogens with zero attached hydrogens (tertiary/aromatic N) is 1. The molecule has 2 heterocycles. The van der Waals surface area contributed by atoms with E-state index >= 15 is 0 Å². The van der Waals surface area contributed by atoms with Gasteiger partial charge in [-0.25, -0.2) is 0 Å². The van der Waals surface area contributed by atoms with E-state index in [2.05, 4.69) is 30.2 Å². The molecule has 2 aliphatic carbocycles. The van der Waals surface area contributed by atoms with Crippen molar-refractivity contribution in [3.63, 3.8) is 0 Å². The molecule has 1 aromatic carbocycles. The second kappa shape index (κ2) is 9.88. The third-order valence-electron chi connectivity index (χ3n) is 8.09. The molecule has 4 aliphatic rings. The number of carbonyl (C=O) groups is 1. The van der Waals surface area contributed by atoms with Gasteiger partial charge in [-0.05, 0) is 57.8 Å². The van der Waals surface area contributed by atoms with Crippen LogP contribution in [-0.4, -0.2) is 69.8 Å². The van der Waals surface area contributed by atoms with Crippen LogP contribution in [0, 0.1) is 5.92 Å². The zero-order valence-electron chi connectivity index (χ0n) is 20.6. The Labute approximate surface area is 202 Å². The number of rotatable bonds is 11. The molecule has 1 spiro atoms. The molecule has 0 N–H and O–H groups in total. The summed E-state index contributed by atoms with van der Waals surface area (Å²) in [7, 11) is 3.88. The number of likely N-dealkylation sites (N-methyl/N-ethyl adjacent to an activating group) is 1. The predicted molar refractivity (Wildman–Crippen MR) is 127 cm³/mol. The molecule has 0 saturated carbocycles. The fraction of sp³-hybridized carbons (Fsp3) is 0.667. The molecule has 2 aliphatic heterocycles. The largest absolute Gasteiger partial charge is 0.482 e. The molecule has 186 valence electrons. The summed E-state index contributed by atoms with van der Waals surface area (Å²) >= 11 is 0. The monoisotopic (exact) mass is 471 g/mol. The first-order valence-electron chi connectivity index (χ1n) is 12.7. The van der Waals surface area contributed by atoms with Crippen LogP contribution in [0.3, 0.4) is 0 Å². The average molecular weight is 472 g/mol. The van der Waals surface area contributed by atoms with E-state index in [9.17, 15) is 4.79 Å². The minimum atomic E-state index is -0.114. The van der Waals surface area contributed by atoms with Crippen molar-refractivity contribution in [2.24, 2.45) is 5.92 Å². The van der Waals surface area contributed by atoms with E-state index in [-0.39, 0.29) is 30.4 Å². The highest BCUT2D eigenvalue weighted by molar-refractivity contribution is 5.69. The Bertz CT molecular complexity index is 932. The molecule has 7 nitrogen and oxygen atoms in total. The van der Waals surface area contributed by atoms with Gasteiger partial charge in [0.15, 0.2) is 18.3 Å². The number of carbonyl (C=O) groups excluding carboxylic acids is 1. The Kier molecular flexibility index (Phi) is 6.87. The van der Waals surface area contributed by atoms with E-state index in [1.54, 1.807) is 7.11 Å². The fourth-order valence-electron chi connectivity index (χ4n) is 6.59. The summed E-state index contributed by atoms with van der Waals surface area (Å²) in [6.07, 6.45) is 9.72. The van der Waals surface area contributed by atoms with Crippen molar-refractivity contribution < 1.29 is 28.5 Å². The van der Waals surface area contributed by atoms with Gasteiger partial charge in [-0.2, -0.15) is 0 Å². The molecule has 0 amide bonds. The molecular weight excluding hydrogens is 434 g/mol. The van der Waals surface area contributed by atoms with Gasteiger partial charge in [0.1, 0.15) is 12.2 Å². The van der Waals surface area contributed by atoms with Crippen molar-refractivity contribution in [2.75, 3.05) is 40.7 Å². The Balaban J connectivity index is 1.33. The second-order valence-corrected chi connectivity index (χ2v) is 9.92. The first-order valence-corrected chi connectivity index (χ1v) is 12.7. The maximum absolute atomic E-state index is 11.5. The molecule has 1 saturated heterocycles. The molecule has 7 heteroatoms. The second-order valence-electron chi connectivity index (χ2n) is 9.92. The quantitative estimate of drug-likeness (QED) is 0.211. The van der Waals surface area contributed by atoms with Gasteiger partial charge in [0, 0.05) is 43.1 Å². The van der Waals surface area contributed by atoms with E-state index < -0.39 is 0 Å². The number of hydrogen-bond acceptors (Lipinski definition) is 7. The maximum atomic E-state index is 11.5. The fourth-order valence-corrected chi connectivity index (χ4v) is 6.59. The topological polar surface area (TPSA) is 66.5 Å². The smallest absolute Gasteiger partial charge is 0.305 e. The molecule has 1 unspecified atom stereocenters. The van der Waals surface area contributed by atoms with Gasteiger partial charge >= 0.3 is 5.97 Å². The van der Waals surface area contributed by atoms with Gasteiger partial charge in [0.25, 0.3) is 0 Å². The van der Waals surface area contributed by atoms with E-state index in [1.165, 1.54) is 11.1 Å². The van der Waals surface area contributed by atoms with Crippen molar-refractivity contribution >= 4 is 5.97 Å². The number of unbranched alkanes of at least 4 members (excludes halogenated alkanes) is 2. The molecule has 0 aromatic heterocycles. The Hall–Kier alpha value is -2.09. The number of ether oxygens (including phenoxy) is 5. The van der Waals surface area contributed by atoms with Crippen LogP contribution in [-0.2, 0) is 30.8 Å². The van der Waals surface area contributed by atoms with E-state index in [1.807, 2.05) is 13.0 Å². The number of likely N-dealkylation sites (tertiary alicyclic amines) is 1. The van der Waals surface area contributed by atoms with Crippen LogP contribution in [0.5, 0.6) is 11.5 Å². The molecule has 2 bridgehead atoms. The highest BCUT2D eigenvalue weighted by Crippen LogP contribution is 2.62.